The highest BCUT2D eigenvalue weighted by molar-refractivity contribution is 7.09. The molecule has 2 N–H and O–H groups in total. The van der Waals surface area contributed by atoms with Crippen molar-refractivity contribution in [3.05, 3.63) is 40.7 Å². The van der Waals surface area contributed by atoms with E-state index in [1.54, 1.807) is 18.4 Å². The van der Waals surface area contributed by atoms with Crippen molar-refractivity contribution in [3.63, 3.8) is 0 Å². The average molecular weight is 288 g/mol. The highest BCUT2D eigenvalue weighted by Crippen LogP contribution is 2.21. The van der Waals surface area contributed by atoms with Crippen LogP contribution >= 0.6 is 11.3 Å². The van der Waals surface area contributed by atoms with Crippen LogP contribution in [0.15, 0.2) is 40.7 Å². The molecule has 0 aliphatic heterocycles. The molecule has 0 aliphatic rings. The van der Waals surface area contributed by atoms with Gasteiger partial charge in [0.25, 0.3) is 0 Å². The maximum absolute atomic E-state index is 4.64. The Kier molecular flexibility index (Phi) is 5.55. The van der Waals surface area contributed by atoms with Gasteiger partial charge in [-0.1, -0.05) is 37.3 Å². The summed E-state index contributed by atoms with van der Waals surface area (Å²) in [4.78, 5) is 8.82. The summed E-state index contributed by atoms with van der Waals surface area (Å²) in [6.07, 6.45) is 1.08. The van der Waals surface area contributed by atoms with Gasteiger partial charge in [0.05, 0.1) is 12.2 Å². The lowest BCUT2D eigenvalue weighted by Crippen LogP contribution is -2.37. The first kappa shape index (κ1) is 14.5. The van der Waals surface area contributed by atoms with Crippen LogP contribution in [0.25, 0.3) is 11.3 Å². The van der Waals surface area contributed by atoms with Gasteiger partial charge in [-0.3, -0.25) is 4.99 Å². The van der Waals surface area contributed by atoms with E-state index in [9.17, 15) is 0 Å². The van der Waals surface area contributed by atoms with E-state index in [0.717, 1.165) is 35.2 Å². The van der Waals surface area contributed by atoms with E-state index < -0.39 is 0 Å². The van der Waals surface area contributed by atoms with E-state index in [1.165, 1.54) is 0 Å². The molecule has 0 radical (unpaired) electrons. The van der Waals surface area contributed by atoms with Crippen LogP contribution in [-0.2, 0) is 6.54 Å². The number of aliphatic imine (C=N–C) groups is 1. The zero-order chi connectivity index (χ0) is 14.2. The van der Waals surface area contributed by atoms with Crippen molar-refractivity contribution in [1.82, 2.24) is 15.6 Å². The summed E-state index contributed by atoms with van der Waals surface area (Å²) < 4.78 is 0. The van der Waals surface area contributed by atoms with Crippen molar-refractivity contribution in [1.29, 1.82) is 0 Å². The number of hydrogen-bond acceptors (Lipinski definition) is 3. The second-order valence-electron chi connectivity index (χ2n) is 4.35. The van der Waals surface area contributed by atoms with Crippen LogP contribution < -0.4 is 10.6 Å². The fourth-order valence-electron chi connectivity index (χ4n) is 1.76. The average Bonchev–Trinajstić information content (AvgIpc) is 2.97. The summed E-state index contributed by atoms with van der Waals surface area (Å²) in [7, 11) is 1.78. The normalized spacial score (nSPS) is 11.4. The lowest BCUT2D eigenvalue weighted by atomic mass is 10.2. The van der Waals surface area contributed by atoms with Gasteiger partial charge in [0.1, 0.15) is 5.01 Å². The molecule has 0 amide bonds. The first-order chi connectivity index (χ1) is 9.83. The third-order valence-electron chi connectivity index (χ3n) is 2.79. The molecule has 0 saturated carbocycles. The van der Waals surface area contributed by atoms with Crippen molar-refractivity contribution in [2.45, 2.75) is 19.9 Å². The smallest absolute Gasteiger partial charge is 0.191 e. The number of benzene rings is 1. The Morgan fingerprint density at radius 1 is 1.25 bits per heavy atom. The van der Waals surface area contributed by atoms with E-state index in [2.05, 4.69) is 45.0 Å². The largest absolute Gasteiger partial charge is 0.356 e. The van der Waals surface area contributed by atoms with Crippen LogP contribution in [0.2, 0.25) is 0 Å². The number of aromatic nitrogens is 1. The number of nitrogens with zero attached hydrogens (tertiary/aromatic N) is 2. The summed E-state index contributed by atoms with van der Waals surface area (Å²) in [5.41, 5.74) is 2.19. The van der Waals surface area contributed by atoms with Crippen molar-refractivity contribution < 1.29 is 0 Å². The maximum atomic E-state index is 4.64. The molecule has 0 bridgehead atoms. The Hall–Kier alpha value is -1.88. The van der Waals surface area contributed by atoms with Gasteiger partial charge in [0.15, 0.2) is 5.96 Å². The third-order valence-corrected chi connectivity index (χ3v) is 3.64. The summed E-state index contributed by atoms with van der Waals surface area (Å²) in [5.74, 6) is 0.823. The second-order valence-corrected chi connectivity index (χ2v) is 5.29. The molecule has 106 valence electrons. The first-order valence-electron chi connectivity index (χ1n) is 6.77. The van der Waals surface area contributed by atoms with Crippen LogP contribution in [0.3, 0.4) is 0 Å². The topological polar surface area (TPSA) is 49.3 Å². The number of thiazole rings is 1. The van der Waals surface area contributed by atoms with E-state index in [1.807, 2.05) is 18.2 Å². The fraction of sp³-hybridized carbons (Fsp3) is 0.333. The molecule has 0 atom stereocenters. The van der Waals surface area contributed by atoms with E-state index in [0.29, 0.717) is 6.54 Å². The van der Waals surface area contributed by atoms with Crippen molar-refractivity contribution in [3.8, 4) is 11.3 Å². The van der Waals surface area contributed by atoms with Crippen LogP contribution in [0.1, 0.15) is 18.4 Å². The summed E-state index contributed by atoms with van der Waals surface area (Å²) >= 11 is 1.66. The zero-order valence-corrected chi connectivity index (χ0v) is 12.7. The highest BCUT2D eigenvalue weighted by Gasteiger charge is 2.04. The molecule has 1 aromatic heterocycles. The van der Waals surface area contributed by atoms with Gasteiger partial charge in [0, 0.05) is 24.5 Å². The minimum Gasteiger partial charge on any atom is -0.356 e. The number of guanidine groups is 1. The van der Waals surface area contributed by atoms with E-state index in [4.69, 9.17) is 0 Å². The Morgan fingerprint density at radius 3 is 2.75 bits per heavy atom. The SMILES string of the molecule is CCCNC(=NC)NCc1nc(-c2ccccc2)cs1. The Balaban J connectivity index is 1.93. The summed E-state index contributed by atoms with van der Waals surface area (Å²) in [6.45, 7) is 3.75. The quantitative estimate of drug-likeness (QED) is 0.657. The van der Waals surface area contributed by atoms with Gasteiger partial charge >= 0.3 is 0 Å². The van der Waals surface area contributed by atoms with Gasteiger partial charge in [-0.05, 0) is 6.42 Å². The first-order valence-corrected chi connectivity index (χ1v) is 7.65. The molecule has 1 heterocycles. The molecular weight excluding hydrogens is 268 g/mol. The van der Waals surface area contributed by atoms with Crippen LogP contribution in [0, 0.1) is 0 Å². The summed E-state index contributed by atoms with van der Waals surface area (Å²) in [5, 5.41) is 9.67. The number of hydrogen-bond donors (Lipinski definition) is 2. The van der Waals surface area contributed by atoms with E-state index in [-0.39, 0.29) is 0 Å². The third kappa shape index (κ3) is 4.06. The van der Waals surface area contributed by atoms with Gasteiger partial charge < -0.3 is 10.6 Å². The molecule has 0 fully saturated rings. The molecular formula is C15H20N4S. The minimum atomic E-state index is 0.695. The van der Waals surface area contributed by atoms with E-state index >= 15 is 0 Å². The highest BCUT2D eigenvalue weighted by atomic mass is 32.1. The fourth-order valence-corrected chi connectivity index (χ4v) is 2.50. The molecule has 4 nitrogen and oxygen atoms in total. The predicted molar refractivity (Wildman–Crippen MR) is 86.0 cm³/mol. The Bertz CT molecular complexity index is 548. The van der Waals surface area contributed by atoms with Crippen molar-refractivity contribution in [2.24, 2.45) is 4.99 Å². The Labute approximate surface area is 124 Å². The van der Waals surface area contributed by atoms with Gasteiger partial charge in [-0.2, -0.15) is 0 Å². The van der Waals surface area contributed by atoms with Crippen molar-refractivity contribution in [2.75, 3.05) is 13.6 Å². The van der Waals surface area contributed by atoms with Crippen LogP contribution in [-0.4, -0.2) is 24.5 Å². The molecule has 1 aromatic carbocycles. The van der Waals surface area contributed by atoms with Crippen LogP contribution in [0.5, 0.6) is 0 Å². The molecule has 0 saturated heterocycles. The molecule has 5 heteroatoms. The monoisotopic (exact) mass is 288 g/mol. The predicted octanol–water partition coefficient (Wildman–Crippen LogP) is 2.89. The Morgan fingerprint density at radius 2 is 2.05 bits per heavy atom. The summed E-state index contributed by atoms with van der Waals surface area (Å²) in [6, 6.07) is 10.2. The molecule has 2 aromatic rings. The lowest BCUT2D eigenvalue weighted by Gasteiger charge is -2.09. The maximum Gasteiger partial charge on any atom is 0.191 e. The van der Waals surface area contributed by atoms with Gasteiger partial charge in [0.2, 0.25) is 0 Å². The van der Waals surface area contributed by atoms with Gasteiger partial charge in [-0.15, -0.1) is 11.3 Å². The number of nitrogens with one attached hydrogen (secondary N) is 2. The van der Waals surface area contributed by atoms with Crippen LogP contribution in [0.4, 0.5) is 0 Å². The lowest BCUT2D eigenvalue weighted by molar-refractivity contribution is 0.779. The molecule has 0 spiro atoms. The molecule has 0 unspecified atom stereocenters. The second kappa shape index (κ2) is 7.65. The van der Waals surface area contributed by atoms with Crippen molar-refractivity contribution >= 4 is 17.3 Å². The number of rotatable bonds is 5. The zero-order valence-electron chi connectivity index (χ0n) is 11.9. The molecule has 20 heavy (non-hydrogen) atoms. The minimum absolute atomic E-state index is 0.695. The molecule has 2 rings (SSSR count). The molecule has 0 aliphatic carbocycles. The van der Waals surface area contributed by atoms with Gasteiger partial charge in [-0.25, -0.2) is 4.98 Å². The standard InChI is InChI=1S/C15H20N4S/c1-3-9-17-15(16-2)18-10-14-19-13(11-20-14)12-7-5-4-6-8-12/h4-8,11H,3,9-10H2,1-2H3,(H2,16,17,18).